The molecule has 0 saturated heterocycles. The highest BCUT2D eigenvalue weighted by atomic mass is 35.5. The van der Waals surface area contributed by atoms with Gasteiger partial charge in [-0.2, -0.15) is 12.7 Å². The standard InChI is InChI=1S/C34H44ClN3O6S/c1-22-6-5-8-32(39)30-13-10-25(30)20-37-15-4-3-7-23-16-27(35)12-9-26(23)21-44-33-14-11-24(17-31(33)37)34(40)36-45(41,42)38(22)28-18-29(19-28)43-2/h5,8-9,11-12,14,16-17,22,25,28-30,32,39H,3-4,6-7,10,13,15,18-21H2,1-2H3,(H,36,40)/b8-5+/t22-,25+,28?,29?,30-,32?/m1/s1. The van der Waals surface area contributed by atoms with Crippen LogP contribution in [0.3, 0.4) is 0 Å². The van der Waals surface area contributed by atoms with Gasteiger partial charge in [0.25, 0.3) is 5.91 Å². The molecule has 45 heavy (non-hydrogen) atoms. The molecule has 4 atom stereocenters. The molecule has 0 spiro atoms. The summed E-state index contributed by atoms with van der Waals surface area (Å²) in [6, 6.07) is 10.3. The molecular weight excluding hydrogens is 614 g/mol. The summed E-state index contributed by atoms with van der Waals surface area (Å²) >= 11 is 6.32. The Morgan fingerprint density at radius 1 is 1.09 bits per heavy atom. The number of carbonyl (C=O) groups excluding carboxylic acids is 1. The van der Waals surface area contributed by atoms with Gasteiger partial charge in [0.15, 0.2) is 0 Å². The van der Waals surface area contributed by atoms with Crippen LogP contribution in [-0.4, -0.2) is 68.2 Å². The summed E-state index contributed by atoms with van der Waals surface area (Å²) in [5, 5.41) is 11.9. The van der Waals surface area contributed by atoms with Crippen LogP contribution < -0.4 is 14.4 Å². The molecule has 2 saturated carbocycles. The summed E-state index contributed by atoms with van der Waals surface area (Å²) in [6.45, 7) is 3.63. The van der Waals surface area contributed by atoms with Crippen molar-refractivity contribution >= 4 is 33.4 Å². The fourth-order valence-corrected chi connectivity index (χ4v) is 9.03. The molecule has 2 aliphatic heterocycles. The molecule has 6 rings (SSSR count). The zero-order valence-corrected chi connectivity index (χ0v) is 27.6. The summed E-state index contributed by atoms with van der Waals surface area (Å²) in [6.07, 6.45) is 9.33. The van der Waals surface area contributed by atoms with E-state index in [9.17, 15) is 18.3 Å². The lowest BCUT2D eigenvalue weighted by Gasteiger charge is -2.44. The Balaban J connectivity index is 1.37. The molecule has 1 unspecified atom stereocenters. The monoisotopic (exact) mass is 657 g/mol. The van der Waals surface area contributed by atoms with Crippen molar-refractivity contribution in [2.75, 3.05) is 25.1 Å². The number of hydrogen-bond donors (Lipinski definition) is 2. The second-order valence-corrected chi connectivity index (χ2v) is 15.1. The number of halogens is 1. The number of nitrogens with zero attached hydrogens (tertiary/aromatic N) is 2. The van der Waals surface area contributed by atoms with Crippen molar-refractivity contribution in [2.45, 2.75) is 89.2 Å². The fraction of sp³-hybridized carbons (Fsp3) is 0.559. The number of aliphatic hydroxyl groups excluding tert-OH is 1. The van der Waals surface area contributed by atoms with Gasteiger partial charge in [-0.1, -0.05) is 29.8 Å². The van der Waals surface area contributed by atoms with E-state index in [0.717, 1.165) is 49.9 Å². The van der Waals surface area contributed by atoms with Crippen molar-refractivity contribution in [3.05, 3.63) is 70.3 Å². The lowest BCUT2D eigenvalue weighted by Crippen LogP contribution is -2.57. The van der Waals surface area contributed by atoms with Crippen LogP contribution in [0.2, 0.25) is 5.02 Å². The van der Waals surface area contributed by atoms with Crippen LogP contribution in [0.1, 0.15) is 73.4 Å². The molecular formula is C34H44ClN3O6S. The first-order chi connectivity index (χ1) is 21.6. The van der Waals surface area contributed by atoms with Crippen LogP contribution in [0.15, 0.2) is 48.6 Å². The van der Waals surface area contributed by atoms with Crippen LogP contribution in [0, 0.1) is 11.8 Å². The minimum Gasteiger partial charge on any atom is -0.487 e. The Hall–Kier alpha value is -2.63. The normalized spacial score (nSPS) is 31.5. The third-order valence-corrected chi connectivity index (χ3v) is 12.0. The van der Waals surface area contributed by atoms with Gasteiger partial charge in [0, 0.05) is 42.9 Å². The maximum Gasteiger partial charge on any atom is 0.304 e. The van der Waals surface area contributed by atoms with Crippen LogP contribution >= 0.6 is 11.6 Å². The summed E-state index contributed by atoms with van der Waals surface area (Å²) in [5.41, 5.74) is 3.24. The summed E-state index contributed by atoms with van der Waals surface area (Å²) in [7, 11) is -2.56. The van der Waals surface area contributed by atoms with Gasteiger partial charge in [-0.25, -0.2) is 4.72 Å². The first-order valence-corrected chi connectivity index (χ1v) is 18.0. The number of anilines is 1. The van der Waals surface area contributed by atoms with E-state index in [-0.39, 0.29) is 29.5 Å². The highest BCUT2D eigenvalue weighted by molar-refractivity contribution is 7.87. The Bertz CT molecular complexity index is 1530. The van der Waals surface area contributed by atoms with E-state index >= 15 is 0 Å². The molecule has 4 aliphatic rings. The number of hydrogen-bond acceptors (Lipinski definition) is 7. The lowest BCUT2D eigenvalue weighted by atomic mass is 9.70. The van der Waals surface area contributed by atoms with Crippen molar-refractivity contribution in [3.63, 3.8) is 0 Å². The van der Waals surface area contributed by atoms with Gasteiger partial charge in [0.05, 0.1) is 17.9 Å². The predicted molar refractivity (Wildman–Crippen MR) is 175 cm³/mol. The molecule has 2 aromatic carbocycles. The number of methoxy groups -OCH3 is 1. The van der Waals surface area contributed by atoms with E-state index in [2.05, 4.69) is 9.62 Å². The van der Waals surface area contributed by atoms with Crippen LogP contribution in [-0.2, 0) is 28.0 Å². The first kappa shape index (κ1) is 32.3. The number of aryl methyl sites for hydroxylation is 1. The van der Waals surface area contributed by atoms with E-state index < -0.39 is 28.3 Å². The van der Waals surface area contributed by atoms with Gasteiger partial charge >= 0.3 is 10.2 Å². The zero-order chi connectivity index (χ0) is 31.7. The van der Waals surface area contributed by atoms with Crippen molar-refractivity contribution in [3.8, 4) is 5.75 Å². The van der Waals surface area contributed by atoms with Gasteiger partial charge in [0.1, 0.15) is 12.4 Å². The second-order valence-electron chi connectivity index (χ2n) is 13.0. The SMILES string of the molecule is COC1CC(N2[C@H](C)C/C=C/C(O)[C@@H]3CC[C@H]3CN3CCCCc4cc(Cl)ccc4COc4ccc(cc43)C(=O)NS2(=O)=O)C1. The van der Waals surface area contributed by atoms with Crippen molar-refractivity contribution in [1.82, 2.24) is 9.03 Å². The Morgan fingerprint density at radius 3 is 2.67 bits per heavy atom. The number of nitrogens with one attached hydrogen (secondary N) is 1. The molecule has 2 aromatic rings. The van der Waals surface area contributed by atoms with Crippen LogP contribution in [0.25, 0.3) is 0 Å². The largest absolute Gasteiger partial charge is 0.487 e. The van der Waals surface area contributed by atoms with Crippen LogP contribution in [0.5, 0.6) is 5.75 Å². The number of fused-ring (bicyclic) bond motifs is 3. The summed E-state index contributed by atoms with van der Waals surface area (Å²) in [4.78, 5) is 15.9. The van der Waals surface area contributed by atoms with Crippen molar-refractivity contribution < 1.29 is 27.8 Å². The quantitative estimate of drug-likeness (QED) is 0.425. The van der Waals surface area contributed by atoms with Gasteiger partial charge in [-0.15, -0.1) is 0 Å². The van der Waals surface area contributed by atoms with Gasteiger partial charge in [-0.3, -0.25) is 4.79 Å². The number of amides is 1. The number of carbonyl (C=O) groups is 1. The van der Waals surface area contributed by atoms with Gasteiger partial charge < -0.3 is 19.5 Å². The third-order valence-electron chi connectivity index (χ3n) is 10.1. The molecule has 9 nitrogen and oxygen atoms in total. The molecule has 0 radical (unpaired) electrons. The van der Waals surface area contributed by atoms with Gasteiger partial charge in [-0.05, 0) is 112 Å². The molecule has 2 N–H and O–H groups in total. The van der Waals surface area contributed by atoms with Gasteiger partial charge in [0.2, 0.25) is 0 Å². The number of aliphatic hydroxyl groups is 1. The van der Waals surface area contributed by atoms with Crippen molar-refractivity contribution in [1.29, 1.82) is 0 Å². The predicted octanol–water partition coefficient (Wildman–Crippen LogP) is 5.25. The molecule has 2 fully saturated rings. The molecule has 2 heterocycles. The maximum atomic E-state index is 13.8. The second kappa shape index (κ2) is 13.6. The minimum atomic E-state index is -4.19. The van der Waals surface area contributed by atoms with E-state index in [0.29, 0.717) is 43.2 Å². The fourth-order valence-electron chi connectivity index (χ4n) is 7.26. The third kappa shape index (κ3) is 7.05. The first-order valence-electron chi connectivity index (χ1n) is 16.1. The summed E-state index contributed by atoms with van der Waals surface area (Å²) in [5.74, 6) is 0.342. The average Bonchev–Trinajstić information content (AvgIpc) is 2.99. The van der Waals surface area contributed by atoms with Crippen molar-refractivity contribution in [2.24, 2.45) is 11.8 Å². The smallest absolute Gasteiger partial charge is 0.304 e. The number of ether oxygens (including phenoxy) is 2. The van der Waals surface area contributed by atoms with E-state index in [1.54, 1.807) is 25.3 Å². The average molecular weight is 658 g/mol. The summed E-state index contributed by atoms with van der Waals surface area (Å²) < 4.78 is 43.2. The van der Waals surface area contributed by atoms with E-state index in [1.807, 2.05) is 37.3 Å². The van der Waals surface area contributed by atoms with E-state index in [4.69, 9.17) is 21.1 Å². The molecule has 244 valence electrons. The Kier molecular flexibility index (Phi) is 9.78. The molecule has 0 aromatic heterocycles. The molecule has 11 heteroatoms. The van der Waals surface area contributed by atoms with Crippen LogP contribution in [0.4, 0.5) is 5.69 Å². The number of rotatable bonds is 2. The van der Waals surface area contributed by atoms with E-state index in [1.165, 1.54) is 9.87 Å². The number of benzene rings is 2. The molecule has 1 amide bonds. The lowest BCUT2D eigenvalue weighted by molar-refractivity contribution is -0.0110. The molecule has 2 aliphatic carbocycles. The minimum absolute atomic E-state index is 0.0116. The zero-order valence-electron chi connectivity index (χ0n) is 26.0. The highest BCUT2D eigenvalue weighted by Gasteiger charge is 2.43. The Morgan fingerprint density at radius 2 is 1.91 bits per heavy atom. The maximum absolute atomic E-state index is 13.8. The highest BCUT2D eigenvalue weighted by Crippen LogP contribution is 2.41. The molecule has 2 bridgehead atoms. The Labute approximate surface area is 271 Å². The topological polar surface area (TPSA) is 108 Å².